The largest absolute Gasteiger partial charge is 0.0496 e. The average molecular weight is 316 g/mol. The highest BCUT2D eigenvalue weighted by atomic mass is 79.9. The average Bonchev–Trinajstić information content (AvgIpc) is 2.22. The molecular weight excluding hydrogens is 304 g/mol. The van der Waals surface area contributed by atoms with E-state index in [0.717, 1.165) is 11.8 Å². The van der Waals surface area contributed by atoms with E-state index < -0.39 is 0 Å². The number of benzene rings is 1. The van der Waals surface area contributed by atoms with Gasteiger partial charge in [-0.25, -0.2) is 0 Å². The monoisotopic (exact) mass is 314 g/mol. The number of hydrogen-bond donors (Lipinski definition) is 0. The molecule has 0 heterocycles. The van der Waals surface area contributed by atoms with Crippen molar-refractivity contribution in [2.45, 2.75) is 37.5 Å². The van der Waals surface area contributed by atoms with Crippen LogP contribution in [0.4, 0.5) is 0 Å². The maximum absolute atomic E-state index is 3.60. The molecule has 1 aromatic carbocycles. The van der Waals surface area contributed by atoms with Gasteiger partial charge in [0, 0.05) is 8.95 Å². The zero-order valence-corrected chi connectivity index (χ0v) is 11.1. The summed E-state index contributed by atoms with van der Waals surface area (Å²) in [5, 5.41) is 0. The van der Waals surface area contributed by atoms with Gasteiger partial charge in [0.25, 0.3) is 0 Å². The molecule has 3 aliphatic rings. The number of fused-ring (bicyclic) bond motifs is 2. The molecule has 0 aliphatic heterocycles. The predicted octanol–water partition coefficient (Wildman–Crippen LogP) is 4.97. The summed E-state index contributed by atoms with van der Waals surface area (Å²) in [5.41, 5.74) is 3.23. The van der Waals surface area contributed by atoms with Crippen molar-refractivity contribution >= 4 is 31.9 Å². The lowest BCUT2D eigenvalue weighted by Gasteiger charge is -2.38. The van der Waals surface area contributed by atoms with Gasteiger partial charge in [0.15, 0.2) is 0 Å². The maximum Gasteiger partial charge on any atom is 0.0320 e. The Labute approximate surface area is 101 Å². The first-order valence-corrected chi connectivity index (χ1v) is 6.83. The minimum absolute atomic E-state index is 0.847. The van der Waals surface area contributed by atoms with E-state index in [4.69, 9.17) is 0 Å². The van der Waals surface area contributed by atoms with E-state index in [2.05, 4.69) is 44.0 Å². The van der Waals surface area contributed by atoms with Crippen molar-refractivity contribution in [2.75, 3.05) is 0 Å². The Morgan fingerprint density at radius 1 is 0.786 bits per heavy atom. The molecule has 0 nitrogen and oxygen atoms in total. The topological polar surface area (TPSA) is 0 Å². The van der Waals surface area contributed by atoms with Crippen LogP contribution in [-0.4, -0.2) is 0 Å². The van der Waals surface area contributed by atoms with Gasteiger partial charge in [0.1, 0.15) is 0 Å². The van der Waals surface area contributed by atoms with Crippen LogP contribution in [0.25, 0.3) is 0 Å². The van der Waals surface area contributed by atoms with Crippen LogP contribution >= 0.6 is 31.9 Å². The molecule has 1 fully saturated rings. The second-order valence-corrected chi connectivity index (χ2v) is 6.15. The molecule has 0 unspecified atom stereocenters. The van der Waals surface area contributed by atoms with Crippen LogP contribution in [0.2, 0.25) is 0 Å². The predicted molar refractivity (Wildman–Crippen MR) is 65.8 cm³/mol. The van der Waals surface area contributed by atoms with Crippen LogP contribution in [0.15, 0.2) is 21.1 Å². The second-order valence-electron chi connectivity index (χ2n) is 4.44. The first-order valence-electron chi connectivity index (χ1n) is 5.24. The fraction of sp³-hybridized carbons (Fsp3) is 0.500. The summed E-state index contributed by atoms with van der Waals surface area (Å²) in [7, 11) is 0. The van der Waals surface area contributed by atoms with Gasteiger partial charge < -0.3 is 0 Å². The molecule has 0 N–H and O–H groups in total. The molecule has 4 rings (SSSR count). The van der Waals surface area contributed by atoms with Crippen molar-refractivity contribution in [3.63, 3.8) is 0 Å². The summed E-state index contributed by atoms with van der Waals surface area (Å²) in [5.74, 6) is 1.69. The summed E-state index contributed by atoms with van der Waals surface area (Å²) in [6, 6.07) is 4.66. The highest BCUT2D eigenvalue weighted by molar-refractivity contribution is 9.13. The minimum atomic E-state index is 0.847. The van der Waals surface area contributed by atoms with Crippen LogP contribution in [0.5, 0.6) is 0 Å². The molecule has 0 aromatic heterocycles. The van der Waals surface area contributed by atoms with Crippen molar-refractivity contribution in [1.82, 2.24) is 0 Å². The molecule has 2 bridgehead atoms. The first-order chi connectivity index (χ1) is 6.75. The molecule has 0 amide bonds. The number of rotatable bonds is 0. The van der Waals surface area contributed by atoms with Crippen LogP contribution in [0, 0.1) is 0 Å². The van der Waals surface area contributed by atoms with E-state index in [-0.39, 0.29) is 0 Å². The van der Waals surface area contributed by atoms with Gasteiger partial charge in [-0.3, -0.25) is 0 Å². The zero-order chi connectivity index (χ0) is 9.71. The lowest BCUT2D eigenvalue weighted by atomic mass is 9.67. The third-order valence-electron chi connectivity index (χ3n) is 3.73. The van der Waals surface area contributed by atoms with Gasteiger partial charge in [-0.15, -0.1) is 0 Å². The highest BCUT2D eigenvalue weighted by Gasteiger charge is 2.33. The fourth-order valence-corrected chi connectivity index (χ4v) is 3.72. The van der Waals surface area contributed by atoms with Crippen LogP contribution in [0.1, 0.15) is 48.6 Å². The third-order valence-corrected chi connectivity index (χ3v) is 5.58. The molecule has 0 radical (unpaired) electrons. The summed E-state index contributed by atoms with van der Waals surface area (Å²) in [4.78, 5) is 0. The highest BCUT2D eigenvalue weighted by Crippen LogP contribution is 2.50. The third kappa shape index (κ3) is 1.30. The zero-order valence-electron chi connectivity index (χ0n) is 7.89. The van der Waals surface area contributed by atoms with Gasteiger partial charge >= 0.3 is 0 Å². The normalized spacial score (nSPS) is 29.0. The van der Waals surface area contributed by atoms with E-state index >= 15 is 0 Å². The van der Waals surface area contributed by atoms with Gasteiger partial charge in [0.2, 0.25) is 0 Å². The van der Waals surface area contributed by atoms with E-state index in [1.165, 1.54) is 34.6 Å². The van der Waals surface area contributed by atoms with Crippen LogP contribution in [0.3, 0.4) is 0 Å². The smallest absolute Gasteiger partial charge is 0.0320 e. The Balaban J connectivity index is 2.20. The Hall–Kier alpha value is 0.180. The van der Waals surface area contributed by atoms with Crippen molar-refractivity contribution < 1.29 is 0 Å². The molecule has 3 aliphatic carbocycles. The second kappa shape index (κ2) is 3.34. The lowest BCUT2D eigenvalue weighted by molar-refractivity contribution is 0.358. The Kier molecular flexibility index (Phi) is 2.25. The number of hydrogen-bond acceptors (Lipinski definition) is 0. The van der Waals surface area contributed by atoms with E-state index in [9.17, 15) is 0 Å². The van der Waals surface area contributed by atoms with E-state index in [1.54, 1.807) is 11.1 Å². The molecule has 14 heavy (non-hydrogen) atoms. The molecule has 1 saturated carbocycles. The molecule has 2 heteroatoms. The lowest BCUT2D eigenvalue weighted by Crippen LogP contribution is -2.21. The van der Waals surface area contributed by atoms with Crippen molar-refractivity contribution in [3.05, 3.63) is 32.2 Å². The Bertz CT molecular complexity index is 339. The molecule has 74 valence electrons. The van der Waals surface area contributed by atoms with Crippen molar-refractivity contribution in [3.8, 4) is 0 Å². The number of halogens is 2. The Morgan fingerprint density at radius 2 is 1.14 bits per heavy atom. The summed E-state index contributed by atoms with van der Waals surface area (Å²) in [6.07, 6.45) is 5.63. The SMILES string of the molecule is Brc1cc2c(cc1Br)C1CCC2CC1. The van der Waals surface area contributed by atoms with Crippen molar-refractivity contribution in [1.29, 1.82) is 0 Å². The van der Waals surface area contributed by atoms with E-state index in [0.29, 0.717) is 0 Å². The summed E-state index contributed by atoms with van der Waals surface area (Å²) >= 11 is 7.20. The standard InChI is InChI=1S/C12H12Br2/c13-11-5-9-7-1-2-8(4-3-7)10(9)6-12(11)14/h5-8H,1-4H2. The molecule has 0 saturated heterocycles. The van der Waals surface area contributed by atoms with Gasteiger partial charge in [0.05, 0.1) is 0 Å². The minimum Gasteiger partial charge on any atom is -0.0496 e. The molecule has 0 spiro atoms. The quantitative estimate of drug-likeness (QED) is 0.634. The van der Waals surface area contributed by atoms with Crippen LogP contribution in [-0.2, 0) is 0 Å². The van der Waals surface area contributed by atoms with Gasteiger partial charge in [-0.05, 0) is 92.6 Å². The Morgan fingerprint density at radius 3 is 1.50 bits per heavy atom. The van der Waals surface area contributed by atoms with Crippen molar-refractivity contribution in [2.24, 2.45) is 0 Å². The first kappa shape index (κ1) is 9.41. The van der Waals surface area contributed by atoms with Crippen LogP contribution < -0.4 is 0 Å². The molecular formula is C12H12Br2. The molecule has 1 aromatic rings. The van der Waals surface area contributed by atoms with Gasteiger partial charge in [-0.2, -0.15) is 0 Å². The summed E-state index contributed by atoms with van der Waals surface area (Å²) in [6.45, 7) is 0. The van der Waals surface area contributed by atoms with E-state index in [1.807, 2.05) is 0 Å². The molecule has 0 atom stereocenters. The maximum atomic E-state index is 3.60. The fourth-order valence-electron chi connectivity index (χ4n) is 3.00. The summed E-state index contributed by atoms with van der Waals surface area (Å²) < 4.78 is 2.42. The van der Waals surface area contributed by atoms with Gasteiger partial charge in [-0.1, -0.05) is 0 Å².